The van der Waals surface area contributed by atoms with Crippen LogP contribution in [-0.4, -0.2) is 23.2 Å². The number of aromatic amines is 1. The minimum absolute atomic E-state index is 0.201. The second-order valence-corrected chi connectivity index (χ2v) is 5.46. The summed E-state index contributed by atoms with van der Waals surface area (Å²) in [5, 5.41) is 0. The molecule has 1 saturated carbocycles. The molecule has 1 saturated heterocycles. The van der Waals surface area contributed by atoms with E-state index in [4.69, 9.17) is 10.5 Å². The normalized spacial score (nSPS) is 28.4. The Hall–Kier alpha value is -0.870. The molecule has 0 bridgehead atoms. The lowest BCUT2D eigenvalue weighted by molar-refractivity contribution is 0.0793. The molecule has 0 amide bonds. The van der Waals surface area contributed by atoms with Crippen LogP contribution in [0.2, 0.25) is 0 Å². The van der Waals surface area contributed by atoms with Gasteiger partial charge in [-0.25, -0.2) is 4.98 Å². The fourth-order valence-corrected chi connectivity index (χ4v) is 3.02. The molecule has 0 aromatic carbocycles. The van der Waals surface area contributed by atoms with E-state index in [0.29, 0.717) is 5.92 Å². The van der Waals surface area contributed by atoms with Gasteiger partial charge in [0.15, 0.2) is 0 Å². The Morgan fingerprint density at radius 2 is 2.18 bits per heavy atom. The molecule has 3 rings (SSSR count). The first-order valence-electron chi connectivity index (χ1n) is 6.70. The van der Waals surface area contributed by atoms with Crippen molar-refractivity contribution in [1.29, 1.82) is 0 Å². The van der Waals surface area contributed by atoms with Crippen molar-refractivity contribution >= 4 is 0 Å². The van der Waals surface area contributed by atoms with Crippen LogP contribution in [0.5, 0.6) is 0 Å². The lowest BCUT2D eigenvalue weighted by Gasteiger charge is -2.22. The van der Waals surface area contributed by atoms with Crippen molar-refractivity contribution in [2.24, 2.45) is 5.73 Å². The Kier molecular flexibility index (Phi) is 2.92. The standard InChI is InChI=1S/C13H21N3O/c14-13(5-1-2-6-13)12-15-8-11(16-12)10-4-3-7-17-9-10/h8,10H,1-7,9,14H2,(H,15,16). The molecule has 1 atom stereocenters. The van der Waals surface area contributed by atoms with Gasteiger partial charge in [0.1, 0.15) is 5.82 Å². The zero-order valence-electron chi connectivity index (χ0n) is 10.2. The average molecular weight is 235 g/mol. The summed E-state index contributed by atoms with van der Waals surface area (Å²) in [4.78, 5) is 7.96. The van der Waals surface area contributed by atoms with E-state index in [0.717, 1.165) is 38.3 Å². The van der Waals surface area contributed by atoms with E-state index in [1.165, 1.54) is 25.0 Å². The molecule has 3 N–H and O–H groups in total. The monoisotopic (exact) mass is 235 g/mol. The number of nitrogens with zero attached hydrogens (tertiary/aromatic N) is 1. The summed E-state index contributed by atoms with van der Waals surface area (Å²) in [7, 11) is 0. The lowest BCUT2D eigenvalue weighted by atomic mass is 9.98. The van der Waals surface area contributed by atoms with Gasteiger partial charge in [0.2, 0.25) is 0 Å². The molecular weight excluding hydrogens is 214 g/mol. The van der Waals surface area contributed by atoms with Crippen LogP contribution in [0, 0.1) is 0 Å². The minimum Gasteiger partial charge on any atom is -0.381 e. The van der Waals surface area contributed by atoms with Gasteiger partial charge >= 0.3 is 0 Å². The molecule has 1 aromatic heterocycles. The molecule has 1 aliphatic heterocycles. The van der Waals surface area contributed by atoms with Gasteiger partial charge in [0.25, 0.3) is 0 Å². The second-order valence-electron chi connectivity index (χ2n) is 5.46. The minimum atomic E-state index is -0.201. The maximum absolute atomic E-state index is 6.40. The summed E-state index contributed by atoms with van der Waals surface area (Å²) in [6.45, 7) is 1.72. The number of ether oxygens (including phenoxy) is 1. The molecule has 0 radical (unpaired) electrons. The van der Waals surface area contributed by atoms with Crippen molar-refractivity contribution < 1.29 is 4.74 Å². The smallest absolute Gasteiger partial charge is 0.126 e. The highest BCUT2D eigenvalue weighted by atomic mass is 16.5. The highest BCUT2D eigenvalue weighted by molar-refractivity contribution is 5.15. The van der Waals surface area contributed by atoms with E-state index in [2.05, 4.69) is 9.97 Å². The largest absolute Gasteiger partial charge is 0.381 e. The molecule has 1 aliphatic carbocycles. The van der Waals surface area contributed by atoms with Gasteiger partial charge in [-0.2, -0.15) is 0 Å². The third kappa shape index (κ3) is 2.11. The molecular formula is C13H21N3O. The maximum atomic E-state index is 6.40. The average Bonchev–Trinajstić information content (AvgIpc) is 2.99. The summed E-state index contributed by atoms with van der Waals surface area (Å²) in [6, 6.07) is 0. The van der Waals surface area contributed by atoms with Crippen LogP contribution in [-0.2, 0) is 10.3 Å². The van der Waals surface area contributed by atoms with Gasteiger partial charge in [-0.3, -0.25) is 0 Å². The van der Waals surface area contributed by atoms with Crippen LogP contribution >= 0.6 is 0 Å². The fraction of sp³-hybridized carbons (Fsp3) is 0.769. The predicted molar refractivity (Wildman–Crippen MR) is 65.7 cm³/mol. The van der Waals surface area contributed by atoms with Gasteiger partial charge in [-0.1, -0.05) is 12.8 Å². The quantitative estimate of drug-likeness (QED) is 0.824. The molecule has 94 valence electrons. The van der Waals surface area contributed by atoms with Crippen LogP contribution in [0.3, 0.4) is 0 Å². The van der Waals surface area contributed by atoms with E-state index in [1.807, 2.05) is 6.20 Å². The van der Waals surface area contributed by atoms with Crippen molar-refractivity contribution in [2.75, 3.05) is 13.2 Å². The SMILES string of the molecule is NC1(c2ncc(C3CCCOC3)[nH]2)CCCC1. The molecule has 2 fully saturated rings. The summed E-state index contributed by atoms with van der Waals surface area (Å²) in [5.41, 5.74) is 7.40. The zero-order valence-corrected chi connectivity index (χ0v) is 10.2. The Morgan fingerprint density at radius 3 is 2.88 bits per heavy atom. The van der Waals surface area contributed by atoms with Gasteiger partial charge in [0, 0.05) is 24.4 Å². The number of aromatic nitrogens is 2. The van der Waals surface area contributed by atoms with Crippen molar-refractivity contribution in [1.82, 2.24) is 9.97 Å². The highest BCUT2D eigenvalue weighted by Gasteiger charge is 2.34. The Labute approximate surface area is 102 Å². The van der Waals surface area contributed by atoms with Gasteiger partial charge in [-0.15, -0.1) is 0 Å². The van der Waals surface area contributed by atoms with E-state index in [-0.39, 0.29) is 5.54 Å². The van der Waals surface area contributed by atoms with E-state index < -0.39 is 0 Å². The maximum Gasteiger partial charge on any atom is 0.126 e. The van der Waals surface area contributed by atoms with Crippen molar-refractivity contribution in [2.45, 2.75) is 50.0 Å². The van der Waals surface area contributed by atoms with E-state index in [1.54, 1.807) is 0 Å². The van der Waals surface area contributed by atoms with Crippen LogP contribution in [0.1, 0.15) is 56.0 Å². The van der Waals surface area contributed by atoms with Crippen LogP contribution in [0.25, 0.3) is 0 Å². The highest BCUT2D eigenvalue weighted by Crippen LogP contribution is 2.35. The predicted octanol–water partition coefficient (Wildman–Crippen LogP) is 2.03. The number of imidazole rings is 1. The van der Waals surface area contributed by atoms with E-state index in [9.17, 15) is 0 Å². The second kappa shape index (κ2) is 4.42. The number of nitrogens with two attached hydrogens (primary N) is 1. The van der Waals surface area contributed by atoms with E-state index >= 15 is 0 Å². The molecule has 0 spiro atoms. The zero-order chi connectivity index (χ0) is 11.7. The number of H-pyrrole nitrogens is 1. The summed E-state index contributed by atoms with van der Waals surface area (Å²) < 4.78 is 5.52. The first-order chi connectivity index (χ1) is 8.28. The number of hydrogen-bond acceptors (Lipinski definition) is 3. The lowest BCUT2D eigenvalue weighted by Crippen LogP contribution is -2.34. The first kappa shape index (κ1) is 11.2. The number of nitrogens with one attached hydrogen (secondary N) is 1. The Bertz CT molecular complexity index is 376. The summed E-state index contributed by atoms with van der Waals surface area (Å²) in [6.07, 6.45) is 8.86. The van der Waals surface area contributed by atoms with Gasteiger partial charge in [0.05, 0.1) is 12.1 Å². The van der Waals surface area contributed by atoms with Crippen LogP contribution in [0.15, 0.2) is 6.20 Å². The van der Waals surface area contributed by atoms with Crippen LogP contribution < -0.4 is 5.73 Å². The van der Waals surface area contributed by atoms with Crippen molar-refractivity contribution in [3.63, 3.8) is 0 Å². The molecule has 2 heterocycles. The molecule has 4 heteroatoms. The van der Waals surface area contributed by atoms with Crippen molar-refractivity contribution in [3.05, 3.63) is 17.7 Å². The summed E-state index contributed by atoms with van der Waals surface area (Å²) in [5.74, 6) is 1.46. The Balaban J connectivity index is 1.77. The summed E-state index contributed by atoms with van der Waals surface area (Å²) >= 11 is 0. The molecule has 1 aromatic rings. The van der Waals surface area contributed by atoms with Crippen molar-refractivity contribution in [3.8, 4) is 0 Å². The Morgan fingerprint density at radius 1 is 1.35 bits per heavy atom. The molecule has 4 nitrogen and oxygen atoms in total. The van der Waals surface area contributed by atoms with Gasteiger partial charge < -0.3 is 15.5 Å². The molecule has 17 heavy (non-hydrogen) atoms. The van der Waals surface area contributed by atoms with Gasteiger partial charge in [-0.05, 0) is 25.7 Å². The number of hydrogen-bond donors (Lipinski definition) is 2. The number of rotatable bonds is 2. The molecule has 1 unspecified atom stereocenters. The fourth-order valence-electron chi connectivity index (χ4n) is 3.02. The topological polar surface area (TPSA) is 63.9 Å². The third-order valence-electron chi connectivity index (χ3n) is 4.16. The molecule has 2 aliphatic rings. The third-order valence-corrected chi connectivity index (χ3v) is 4.16. The van der Waals surface area contributed by atoms with Crippen LogP contribution in [0.4, 0.5) is 0 Å². The first-order valence-corrected chi connectivity index (χ1v) is 6.70.